The molecule has 0 aliphatic rings. The van der Waals surface area contributed by atoms with Crippen LogP contribution in [0.4, 0.5) is 8.78 Å². The van der Waals surface area contributed by atoms with Crippen LogP contribution in [-0.4, -0.2) is 6.54 Å². The SMILES string of the molecule is CCNC(Cc1ccc(Cl)s1)c1cc(F)cc(F)c1. The molecule has 0 fully saturated rings. The summed E-state index contributed by atoms with van der Waals surface area (Å²) in [6, 6.07) is 7.26. The van der Waals surface area contributed by atoms with Crippen LogP contribution in [0.15, 0.2) is 30.3 Å². The molecule has 1 N–H and O–H groups in total. The number of thiophene rings is 1. The second kappa shape index (κ2) is 6.46. The van der Waals surface area contributed by atoms with Crippen LogP contribution in [0.2, 0.25) is 4.34 Å². The molecule has 19 heavy (non-hydrogen) atoms. The molecular formula is C14H14ClF2NS. The maximum absolute atomic E-state index is 13.3. The fourth-order valence-electron chi connectivity index (χ4n) is 1.99. The Labute approximate surface area is 120 Å². The summed E-state index contributed by atoms with van der Waals surface area (Å²) in [4.78, 5) is 1.08. The van der Waals surface area contributed by atoms with Crippen LogP contribution in [0.3, 0.4) is 0 Å². The summed E-state index contributed by atoms with van der Waals surface area (Å²) in [5.74, 6) is -1.11. The van der Waals surface area contributed by atoms with E-state index in [9.17, 15) is 8.78 Å². The Kier molecular flexibility index (Phi) is 4.91. The van der Waals surface area contributed by atoms with Gasteiger partial charge >= 0.3 is 0 Å². The van der Waals surface area contributed by atoms with Crippen LogP contribution in [0.1, 0.15) is 23.4 Å². The fraction of sp³-hybridized carbons (Fsp3) is 0.286. The van der Waals surface area contributed by atoms with Gasteiger partial charge in [0.25, 0.3) is 0 Å². The van der Waals surface area contributed by atoms with Crippen LogP contribution in [-0.2, 0) is 6.42 Å². The minimum atomic E-state index is -0.554. The molecule has 1 heterocycles. The van der Waals surface area contributed by atoms with Gasteiger partial charge in [0.1, 0.15) is 11.6 Å². The Hall–Kier alpha value is -0.970. The van der Waals surface area contributed by atoms with Gasteiger partial charge in [-0.15, -0.1) is 11.3 Å². The molecule has 0 aliphatic heterocycles. The van der Waals surface area contributed by atoms with E-state index in [2.05, 4.69) is 5.32 Å². The number of halogens is 3. The minimum absolute atomic E-state index is 0.120. The van der Waals surface area contributed by atoms with Gasteiger partial charge in [0, 0.05) is 23.4 Å². The average Bonchev–Trinajstić information content (AvgIpc) is 2.73. The maximum Gasteiger partial charge on any atom is 0.126 e. The first kappa shape index (κ1) is 14.4. The minimum Gasteiger partial charge on any atom is -0.310 e. The van der Waals surface area contributed by atoms with Gasteiger partial charge in [-0.05, 0) is 36.4 Å². The van der Waals surface area contributed by atoms with Crippen molar-refractivity contribution in [2.24, 2.45) is 0 Å². The van der Waals surface area contributed by atoms with Crippen molar-refractivity contribution in [1.82, 2.24) is 5.32 Å². The van der Waals surface area contributed by atoms with Crippen molar-refractivity contribution in [2.45, 2.75) is 19.4 Å². The summed E-state index contributed by atoms with van der Waals surface area (Å²) < 4.78 is 27.3. The van der Waals surface area contributed by atoms with Gasteiger partial charge in [-0.2, -0.15) is 0 Å². The van der Waals surface area contributed by atoms with E-state index in [-0.39, 0.29) is 6.04 Å². The molecule has 0 saturated heterocycles. The number of benzene rings is 1. The lowest BCUT2D eigenvalue weighted by Crippen LogP contribution is -2.23. The zero-order chi connectivity index (χ0) is 13.8. The molecule has 2 aromatic rings. The number of likely N-dealkylation sites (N-methyl/N-ethyl adjacent to an activating group) is 1. The highest BCUT2D eigenvalue weighted by atomic mass is 35.5. The van der Waals surface area contributed by atoms with Crippen molar-refractivity contribution >= 4 is 22.9 Å². The molecule has 1 nitrogen and oxygen atoms in total. The summed E-state index contributed by atoms with van der Waals surface area (Å²) >= 11 is 7.38. The standard InChI is InChI=1S/C14H14ClF2NS/c1-2-18-13(8-12-3-4-14(15)19-12)9-5-10(16)7-11(17)6-9/h3-7,13,18H,2,8H2,1H3. The fourth-order valence-corrected chi connectivity index (χ4v) is 3.13. The number of rotatable bonds is 5. The number of nitrogens with one attached hydrogen (secondary N) is 1. The van der Waals surface area contributed by atoms with Gasteiger partial charge in [-0.25, -0.2) is 8.78 Å². The van der Waals surface area contributed by atoms with E-state index < -0.39 is 11.6 Å². The number of hydrogen-bond acceptors (Lipinski definition) is 2. The predicted octanol–water partition coefficient (Wildman–Crippen LogP) is 4.57. The first-order chi connectivity index (χ1) is 9.08. The van der Waals surface area contributed by atoms with Crippen molar-refractivity contribution in [3.8, 4) is 0 Å². The van der Waals surface area contributed by atoms with Crippen molar-refractivity contribution in [3.05, 3.63) is 56.7 Å². The quantitative estimate of drug-likeness (QED) is 0.853. The third-order valence-electron chi connectivity index (χ3n) is 2.77. The first-order valence-electron chi connectivity index (χ1n) is 6.02. The van der Waals surface area contributed by atoms with E-state index in [1.807, 2.05) is 19.1 Å². The van der Waals surface area contributed by atoms with Crippen LogP contribution in [0.5, 0.6) is 0 Å². The van der Waals surface area contributed by atoms with Crippen molar-refractivity contribution in [1.29, 1.82) is 0 Å². The molecule has 0 saturated carbocycles. The monoisotopic (exact) mass is 301 g/mol. The maximum atomic E-state index is 13.3. The van der Waals surface area contributed by atoms with Crippen LogP contribution in [0, 0.1) is 11.6 Å². The van der Waals surface area contributed by atoms with Gasteiger partial charge in [-0.1, -0.05) is 18.5 Å². The molecule has 0 radical (unpaired) electrons. The molecule has 102 valence electrons. The lowest BCUT2D eigenvalue weighted by atomic mass is 10.0. The number of hydrogen-bond donors (Lipinski definition) is 1. The van der Waals surface area contributed by atoms with Gasteiger partial charge in [0.05, 0.1) is 4.34 Å². The van der Waals surface area contributed by atoms with Gasteiger partial charge in [-0.3, -0.25) is 0 Å². The molecule has 5 heteroatoms. The topological polar surface area (TPSA) is 12.0 Å². The zero-order valence-corrected chi connectivity index (χ0v) is 12.0. The third-order valence-corrected chi connectivity index (χ3v) is 4.03. The summed E-state index contributed by atoms with van der Waals surface area (Å²) in [6.07, 6.45) is 0.661. The molecule has 0 aliphatic carbocycles. The van der Waals surface area contributed by atoms with Crippen molar-refractivity contribution in [2.75, 3.05) is 6.54 Å². The van der Waals surface area contributed by atoms with Gasteiger partial charge in [0.2, 0.25) is 0 Å². The van der Waals surface area contributed by atoms with E-state index >= 15 is 0 Å². The Morgan fingerprint density at radius 1 is 1.21 bits per heavy atom. The highest BCUT2D eigenvalue weighted by Crippen LogP contribution is 2.27. The predicted molar refractivity (Wildman–Crippen MR) is 75.8 cm³/mol. The lowest BCUT2D eigenvalue weighted by Gasteiger charge is -2.18. The molecule has 1 aromatic carbocycles. The van der Waals surface area contributed by atoms with E-state index in [1.54, 1.807) is 0 Å². The second-order valence-corrected chi connectivity index (χ2v) is 6.02. The first-order valence-corrected chi connectivity index (χ1v) is 7.21. The zero-order valence-electron chi connectivity index (χ0n) is 10.4. The second-order valence-electron chi connectivity index (χ2n) is 4.22. The molecule has 2 rings (SSSR count). The van der Waals surface area contributed by atoms with Gasteiger partial charge < -0.3 is 5.32 Å². The lowest BCUT2D eigenvalue weighted by molar-refractivity contribution is 0.531. The molecular weight excluding hydrogens is 288 g/mol. The molecule has 1 unspecified atom stereocenters. The molecule has 0 bridgehead atoms. The highest BCUT2D eigenvalue weighted by Gasteiger charge is 2.14. The third kappa shape index (κ3) is 4.00. The van der Waals surface area contributed by atoms with E-state index in [0.717, 1.165) is 21.8 Å². The largest absolute Gasteiger partial charge is 0.310 e. The summed E-state index contributed by atoms with van der Waals surface area (Å²) in [7, 11) is 0. The average molecular weight is 302 g/mol. The molecule has 0 amide bonds. The summed E-state index contributed by atoms with van der Waals surface area (Å²) in [6.45, 7) is 2.69. The normalized spacial score (nSPS) is 12.6. The van der Waals surface area contributed by atoms with E-state index in [0.29, 0.717) is 12.0 Å². The molecule has 0 spiro atoms. The van der Waals surface area contributed by atoms with Crippen molar-refractivity contribution in [3.63, 3.8) is 0 Å². The Morgan fingerprint density at radius 2 is 1.89 bits per heavy atom. The van der Waals surface area contributed by atoms with E-state index in [1.165, 1.54) is 23.5 Å². The Balaban J connectivity index is 2.23. The molecule has 1 aromatic heterocycles. The Morgan fingerprint density at radius 3 is 2.42 bits per heavy atom. The van der Waals surface area contributed by atoms with Crippen LogP contribution >= 0.6 is 22.9 Å². The van der Waals surface area contributed by atoms with Gasteiger partial charge in [0.15, 0.2) is 0 Å². The summed E-state index contributed by atoms with van der Waals surface area (Å²) in [5, 5.41) is 3.24. The van der Waals surface area contributed by atoms with E-state index in [4.69, 9.17) is 11.6 Å². The molecule has 1 atom stereocenters. The smallest absolute Gasteiger partial charge is 0.126 e. The van der Waals surface area contributed by atoms with Crippen LogP contribution < -0.4 is 5.32 Å². The Bertz CT molecular complexity index is 536. The summed E-state index contributed by atoms with van der Waals surface area (Å²) in [5.41, 5.74) is 0.615. The van der Waals surface area contributed by atoms with Crippen LogP contribution in [0.25, 0.3) is 0 Å². The highest BCUT2D eigenvalue weighted by molar-refractivity contribution is 7.16. The van der Waals surface area contributed by atoms with Crippen molar-refractivity contribution < 1.29 is 8.78 Å².